The van der Waals surface area contributed by atoms with E-state index >= 15 is 0 Å². The number of aliphatic imine (C=N–C) groups is 1. The van der Waals surface area contributed by atoms with E-state index in [-0.39, 0.29) is 0 Å². The number of aromatic nitrogens is 1. The molecule has 7 nitrogen and oxygen atoms in total. The number of hydrogen-bond donors (Lipinski definition) is 2. The van der Waals surface area contributed by atoms with Crippen LogP contribution in [0.2, 0.25) is 0 Å². The van der Waals surface area contributed by atoms with E-state index in [0.717, 1.165) is 56.6 Å². The van der Waals surface area contributed by atoms with Crippen molar-refractivity contribution >= 4 is 5.96 Å². The van der Waals surface area contributed by atoms with Crippen molar-refractivity contribution in [3.8, 4) is 0 Å². The van der Waals surface area contributed by atoms with Crippen LogP contribution in [0.15, 0.2) is 15.6 Å². The third kappa shape index (κ3) is 5.71. The van der Waals surface area contributed by atoms with Crippen molar-refractivity contribution in [3.05, 3.63) is 17.5 Å². The molecule has 0 bridgehead atoms. The van der Waals surface area contributed by atoms with Gasteiger partial charge in [-0.25, -0.2) is 0 Å². The molecule has 26 heavy (non-hydrogen) atoms. The Bertz CT molecular complexity index is 556. The highest BCUT2D eigenvalue weighted by molar-refractivity contribution is 5.79. The predicted octanol–water partition coefficient (Wildman–Crippen LogP) is 2.35. The van der Waals surface area contributed by atoms with Crippen LogP contribution in [0.5, 0.6) is 0 Å². The van der Waals surface area contributed by atoms with Gasteiger partial charge in [0.05, 0.1) is 25.5 Å². The first-order valence-electron chi connectivity index (χ1n) is 9.82. The Balaban J connectivity index is 1.79. The first-order valence-corrected chi connectivity index (χ1v) is 9.82. The second kappa shape index (κ2) is 10.5. The molecule has 0 spiro atoms. The quantitative estimate of drug-likeness (QED) is 0.544. The molecule has 2 atom stereocenters. The monoisotopic (exact) mass is 365 g/mol. The van der Waals surface area contributed by atoms with Gasteiger partial charge in [-0.1, -0.05) is 19.0 Å². The number of nitrogens with zero attached hydrogens (tertiary/aromatic N) is 3. The van der Waals surface area contributed by atoms with Crippen molar-refractivity contribution in [3.63, 3.8) is 0 Å². The second-order valence-electron chi connectivity index (χ2n) is 7.05. The molecule has 0 amide bonds. The maximum Gasteiger partial charge on any atom is 0.191 e. The molecule has 1 aliphatic heterocycles. The zero-order valence-electron chi connectivity index (χ0n) is 16.9. The van der Waals surface area contributed by atoms with E-state index in [4.69, 9.17) is 9.26 Å². The number of ether oxygens (including phenoxy) is 1. The summed E-state index contributed by atoms with van der Waals surface area (Å²) >= 11 is 0. The predicted molar refractivity (Wildman–Crippen MR) is 104 cm³/mol. The molecule has 0 aromatic carbocycles. The summed E-state index contributed by atoms with van der Waals surface area (Å²) in [6, 6.07) is 2.92. The lowest BCUT2D eigenvalue weighted by Gasteiger charge is -2.38. The van der Waals surface area contributed by atoms with Crippen LogP contribution in [-0.2, 0) is 11.3 Å². The van der Waals surface area contributed by atoms with Gasteiger partial charge in [0.25, 0.3) is 0 Å². The molecule has 2 N–H and O–H groups in total. The largest absolute Gasteiger partial charge is 0.379 e. The normalized spacial score (nSPS) is 20.4. The Kier molecular flexibility index (Phi) is 8.38. The van der Waals surface area contributed by atoms with Crippen LogP contribution in [0.25, 0.3) is 0 Å². The van der Waals surface area contributed by atoms with E-state index in [9.17, 15) is 0 Å². The molecule has 1 fully saturated rings. The number of rotatable bonds is 8. The first-order chi connectivity index (χ1) is 12.6. The van der Waals surface area contributed by atoms with Gasteiger partial charge in [-0.2, -0.15) is 0 Å². The molecule has 1 aliphatic rings. The second-order valence-corrected chi connectivity index (χ2v) is 7.05. The van der Waals surface area contributed by atoms with Gasteiger partial charge in [0.15, 0.2) is 11.7 Å². The van der Waals surface area contributed by atoms with E-state index in [2.05, 4.69) is 59.4 Å². The molecule has 0 radical (unpaired) electrons. The zero-order chi connectivity index (χ0) is 18.9. The van der Waals surface area contributed by atoms with E-state index < -0.39 is 0 Å². The van der Waals surface area contributed by atoms with E-state index in [1.807, 2.05) is 0 Å². The fourth-order valence-corrected chi connectivity index (χ4v) is 3.46. The van der Waals surface area contributed by atoms with Crippen LogP contribution in [0.3, 0.4) is 0 Å². The molecule has 1 saturated heterocycles. The fourth-order valence-electron chi connectivity index (χ4n) is 3.46. The van der Waals surface area contributed by atoms with Crippen LogP contribution >= 0.6 is 0 Å². The van der Waals surface area contributed by atoms with Crippen molar-refractivity contribution in [2.24, 2.45) is 4.99 Å². The van der Waals surface area contributed by atoms with Gasteiger partial charge in [0.1, 0.15) is 0 Å². The molecule has 1 aromatic rings. The molecular weight excluding hydrogens is 330 g/mol. The van der Waals surface area contributed by atoms with E-state index in [1.165, 1.54) is 0 Å². The molecule has 1 aromatic heterocycles. The van der Waals surface area contributed by atoms with Gasteiger partial charge in [-0.3, -0.25) is 9.89 Å². The maximum atomic E-state index is 5.52. The SMILES string of the molecule is CCC(CC)c1cc(CNC(=NC)NCC(C)N2CCOCC2C)on1. The minimum atomic E-state index is 0.416. The third-order valence-corrected chi connectivity index (χ3v) is 5.18. The number of morpholine rings is 1. The topological polar surface area (TPSA) is 74.9 Å². The molecule has 0 saturated carbocycles. The summed E-state index contributed by atoms with van der Waals surface area (Å²) in [5.41, 5.74) is 1.05. The van der Waals surface area contributed by atoms with Gasteiger partial charge in [-0.05, 0) is 26.7 Å². The Labute approximate surface area is 157 Å². The molecule has 2 heterocycles. The summed E-state index contributed by atoms with van der Waals surface area (Å²) in [6.45, 7) is 12.8. The summed E-state index contributed by atoms with van der Waals surface area (Å²) in [7, 11) is 1.79. The van der Waals surface area contributed by atoms with Crippen molar-refractivity contribution in [2.45, 2.75) is 65.1 Å². The lowest BCUT2D eigenvalue weighted by atomic mass is 9.99. The molecule has 2 rings (SSSR count). The smallest absolute Gasteiger partial charge is 0.191 e. The Hall–Kier alpha value is -1.60. The van der Waals surface area contributed by atoms with Crippen LogP contribution < -0.4 is 10.6 Å². The lowest BCUT2D eigenvalue weighted by molar-refractivity contribution is -0.0174. The standard InChI is InChI=1S/C19H35N5O2/c1-6-16(7-2)18-10-17(26-23-18)12-22-19(20-5)21-11-14(3)24-8-9-25-13-15(24)4/h10,14-16H,6-9,11-13H2,1-5H3,(H2,20,21,22). The Morgan fingerprint density at radius 2 is 2.15 bits per heavy atom. The highest BCUT2D eigenvalue weighted by Gasteiger charge is 2.23. The lowest BCUT2D eigenvalue weighted by Crippen LogP contribution is -2.52. The third-order valence-electron chi connectivity index (χ3n) is 5.18. The van der Waals surface area contributed by atoms with Gasteiger partial charge in [0, 0.05) is 44.2 Å². The minimum absolute atomic E-state index is 0.416. The molecule has 148 valence electrons. The van der Waals surface area contributed by atoms with Crippen LogP contribution in [0.4, 0.5) is 0 Å². The van der Waals surface area contributed by atoms with Gasteiger partial charge < -0.3 is 19.9 Å². The minimum Gasteiger partial charge on any atom is -0.379 e. The van der Waals surface area contributed by atoms with E-state index in [1.54, 1.807) is 7.05 Å². The first kappa shape index (κ1) is 20.7. The summed E-state index contributed by atoms with van der Waals surface area (Å²) < 4.78 is 11.0. The molecule has 2 unspecified atom stereocenters. The van der Waals surface area contributed by atoms with Crippen molar-refractivity contribution in [1.29, 1.82) is 0 Å². The molecular formula is C19H35N5O2. The summed E-state index contributed by atoms with van der Waals surface area (Å²) in [4.78, 5) is 6.78. The summed E-state index contributed by atoms with van der Waals surface area (Å²) in [5.74, 6) is 2.09. The fraction of sp³-hybridized carbons (Fsp3) is 0.789. The van der Waals surface area contributed by atoms with Gasteiger partial charge in [0.2, 0.25) is 0 Å². The number of hydrogen-bond acceptors (Lipinski definition) is 5. The van der Waals surface area contributed by atoms with Crippen LogP contribution in [0, 0.1) is 0 Å². The van der Waals surface area contributed by atoms with Crippen LogP contribution in [0.1, 0.15) is 57.9 Å². The van der Waals surface area contributed by atoms with Gasteiger partial charge in [-0.15, -0.1) is 0 Å². The van der Waals surface area contributed by atoms with Gasteiger partial charge >= 0.3 is 0 Å². The Morgan fingerprint density at radius 1 is 1.38 bits per heavy atom. The highest BCUT2D eigenvalue weighted by Crippen LogP contribution is 2.22. The van der Waals surface area contributed by atoms with Crippen LogP contribution in [-0.4, -0.2) is 61.5 Å². The average molecular weight is 366 g/mol. The summed E-state index contributed by atoms with van der Waals surface area (Å²) in [5, 5.41) is 10.9. The summed E-state index contributed by atoms with van der Waals surface area (Å²) in [6.07, 6.45) is 2.16. The molecule has 7 heteroatoms. The van der Waals surface area contributed by atoms with Crippen molar-refractivity contribution in [1.82, 2.24) is 20.7 Å². The number of guanidine groups is 1. The molecule has 0 aliphatic carbocycles. The van der Waals surface area contributed by atoms with E-state index in [0.29, 0.717) is 24.5 Å². The maximum absolute atomic E-state index is 5.52. The number of nitrogens with one attached hydrogen (secondary N) is 2. The zero-order valence-corrected chi connectivity index (χ0v) is 16.9. The van der Waals surface area contributed by atoms with Crippen molar-refractivity contribution in [2.75, 3.05) is 33.4 Å². The average Bonchev–Trinajstić information content (AvgIpc) is 3.12. The highest BCUT2D eigenvalue weighted by atomic mass is 16.5. The van der Waals surface area contributed by atoms with Crippen molar-refractivity contribution < 1.29 is 9.26 Å². The Morgan fingerprint density at radius 3 is 2.81 bits per heavy atom.